The zero-order chi connectivity index (χ0) is 14.4. The molecule has 0 aliphatic carbocycles. The Morgan fingerprint density at radius 2 is 2.15 bits per heavy atom. The fraction of sp³-hybridized carbons (Fsp3) is 0.688. The number of aromatic nitrogens is 1. The van der Waals surface area contributed by atoms with E-state index in [1.165, 1.54) is 25.1 Å². The van der Waals surface area contributed by atoms with Crippen LogP contribution in [0.1, 0.15) is 44.8 Å². The zero-order valence-electron chi connectivity index (χ0n) is 12.6. The average molecular weight is 279 g/mol. The normalized spacial score (nSPS) is 18.4. The summed E-state index contributed by atoms with van der Waals surface area (Å²) in [5, 5.41) is 3.41. The van der Waals surface area contributed by atoms with Crippen LogP contribution in [-0.2, 0) is 0 Å². The highest BCUT2D eigenvalue weighted by molar-refractivity contribution is 5.09. The van der Waals surface area contributed by atoms with Crippen LogP contribution in [0.5, 0.6) is 0 Å². The van der Waals surface area contributed by atoms with Crippen LogP contribution in [0.25, 0.3) is 0 Å². The van der Waals surface area contributed by atoms with Gasteiger partial charge in [0.25, 0.3) is 0 Å². The van der Waals surface area contributed by atoms with E-state index in [9.17, 15) is 4.39 Å². The van der Waals surface area contributed by atoms with Crippen molar-refractivity contribution in [3.8, 4) is 0 Å². The number of rotatable bonds is 6. The third kappa shape index (κ3) is 4.25. The Balaban J connectivity index is 2.00. The molecule has 1 aliphatic rings. The van der Waals surface area contributed by atoms with Gasteiger partial charge in [0.1, 0.15) is 5.82 Å². The summed E-state index contributed by atoms with van der Waals surface area (Å²) in [5.74, 6) is 0.507. The Morgan fingerprint density at radius 1 is 1.40 bits per heavy atom. The van der Waals surface area contributed by atoms with E-state index in [-0.39, 0.29) is 11.9 Å². The molecule has 1 aromatic rings. The second kappa shape index (κ2) is 7.70. The molecule has 0 radical (unpaired) electrons. The first kappa shape index (κ1) is 15.4. The van der Waals surface area contributed by atoms with Gasteiger partial charge in [0.2, 0.25) is 0 Å². The molecule has 1 unspecified atom stereocenters. The van der Waals surface area contributed by atoms with Gasteiger partial charge in [0.05, 0.1) is 11.9 Å². The molecule has 20 heavy (non-hydrogen) atoms. The largest absolute Gasteiger partial charge is 0.317 e. The lowest BCUT2D eigenvalue weighted by molar-refractivity contribution is 0.158. The van der Waals surface area contributed by atoms with E-state index in [1.807, 2.05) is 6.07 Å². The molecule has 1 aliphatic heterocycles. The van der Waals surface area contributed by atoms with Gasteiger partial charge in [-0.15, -0.1) is 0 Å². The summed E-state index contributed by atoms with van der Waals surface area (Å²) in [4.78, 5) is 6.74. The Hall–Kier alpha value is -1.00. The summed E-state index contributed by atoms with van der Waals surface area (Å²) in [5.41, 5.74) is 0.966. The molecule has 2 rings (SSSR count). The van der Waals surface area contributed by atoms with Gasteiger partial charge in [0.15, 0.2) is 0 Å². The molecular formula is C16H26FN3. The number of hydrogen-bond acceptors (Lipinski definition) is 3. The summed E-state index contributed by atoms with van der Waals surface area (Å²) >= 11 is 0. The van der Waals surface area contributed by atoms with Crippen molar-refractivity contribution >= 4 is 0 Å². The highest BCUT2D eigenvalue weighted by Gasteiger charge is 2.21. The molecule has 0 amide bonds. The molecule has 3 nitrogen and oxygen atoms in total. The van der Waals surface area contributed by atoms with Gasteiger partial charge in [0, 0.05) is 12.6 Å². The summed E-state index contributed by atoms with van der Waals surface area (Å²) in [6, 6.07) is 3.57. The Morgan fingerprint density at radius 3 is 2.75 bits per heavy atom. The van der Waals surface area contributed by atoms with Gasteiger partial charge < -0.3 is 5.32 Å². The van der Waals surface area contributed by atoms with Crippen LogP contribution < -0.4 is 5.32 Å². The predicted octanol–water partition coefficient (Wildman–Crippen LogP) is 2.99. The Labute approximate surface area is 121 Å². The quantitative estimate of drug-likeness (QED) is 0.867. The number of halogens is 1. The molecule has 1 aromatic heterocycles. The molecule has 1 N–H and O–H groups in total. The first-order chi connectivity index (χ1) is 9.70. The maximum absolute atomic E-state index is 13.0. The second-order valence-corrected chi connectivity index (χ2v) is 5.77. The Bertz CT molecular complexity index is 387. The third-order valence-electron chi connectivity index (χ3n) is 4.19. The lowest BCUT2D eigenvalue weighted by Crippen LogP contribution is -2.38. The molecule has 0 saturated carbocycles. The van der Waals surface area contributed by atoms with Gasteiger partial charge in [-0.3, -0.25) is 9.88 Å². The van der Waals surface area contributed by atoms with Crippen molar-refractivity contribution in [2.75, 3.05) is 26.2 Å². The fourth-order valence-corrected chi connectivity index (χ4v) is 2.95. The van der Waals surface area contributed by atoms with Crippen LogP contribution in [0.3, 0.4) is 0 Å². The van der Waals surface area contributed by atoms with Gasteiger partial charge in [-0.05, 0) is 63.9 Å². The smallest absolute Gasteiger partial charge is 0.141 e. The van der Waals surface area contributed by atoms with E-state index in [0.717, 1.165) is 44.2 Å². The van der Waals surface area contributed by atoms with Crippen molar-refractivity contribution in [3.63, 3.8) is 0 Å². The minimum atomic E-state index is -0.263. The van der Waals surface area contributed by atoms with E-state index in [2.05, 4.69) is 29.0 Å². The van der Waals surface area contributed by atoms with E-state index in [4.69, 9.17) is 0 Å². The van der Waals surface area contributed by atoms with Crippen molar-refractivity contribution in [1.82, 2.24) is 15.2 Å². The molecule has 2 heterocycles. The molecule has 4 heteroatoms. The third-order valence-corrected chi connectivity index (χ3v) is 4.19. The van der Waals surface area contributed by atoms with E-state index < -0.39 is 0 Å². The maximum Gasteiger partial charge on any atom is 0.141 e. The first-order valence-electron chi connectivity index (χ1n) is 7.77. The lowest BCUT2D eigenvalue weighted by atomic mass is 9.96. The molecule has 1 saturated heterocycles. The van der Waals surface area contributed by atoms with Gasteiger partial charge in [-0.2, -0.15) is 0 Å². The second-order valence-electron chi connectivity index (χ2n) is 5.77. The zero-order valence-corrected chi connectivity index (χ0v) is 12.6. The van der Waals surface area contributed by atoms with Gasteiger partial charge >= 0.3 is 0 Å². The van der Waals surface area contributed by atoms with Crippen molar-refractivity contribution < 1.29 is 4.39 Å². The Kier molecular flexibility index (Phi) is 5.92. The van der Waals surface area contributed by atoms with E-state index in [1.54, 1.807) is 0 Å². The van der Waals surface area contributed by atoms with Crippen molar-refractivity contribution in [1.29, 1.82) is 0 Å². The number of hydrogen-bond donors (Lipinski definition) is 1. The monoisotopic (exact) mass is 279 g/mol. The molecule has 112 valence electrons. The summed E-state index contributed by atoms with van der Waals surface area (Å²) < 4.78 is 13.0. The molecule has 0 bridgehead atoms. The summed E-state index contributed by atoms with van der Waals surface area (Å²) in [6.07, 6.45) is 4.96. The number of piperidine rings is 1. The van der Waals surface area contributed by atoms with Gasteiger partial charge in [-0.1, -0.05) is 6.92 Å². The minimum absolute atomic E-state index is 0.255. The van der Waals surface area contributed by atoms with E-state index in [0.29, 0.717) is 0 Å². The van der Waals surface area contributed by atoms with Crippen LogP contribution in [0.15, 0.2) is 18.3 Å². The van der Waals surface area contributed by atoms with Crippen LogP contribution in [0.4, 0.5) is 4.39 Å². The SMILES string of the molecule is CCCN(CC1CCNCC1)C(C)c1ccc(F)cn1. The summed E-state index contributed by atoms with van der Waals surface area (Å²) in [7, 11) is 0. The van der Waals surface area contributed by atoms with Crippen molar-refractivity contribution in [2.24, 2.45) is 5.92 Å². The van der Waals surface area contributed by atoms with Crippen LogP contribution in [0.2, 0.25) is 0 Å². The van der Waals surface area contributed by atoms with Gasteiger partial charge in [-0.25, -0.2) is 4.39 Å². The maximum atomic E-state index is 13.0. The van der Waals surface area contributed by atoms with E-state index >= 15 is 0 Å². The average Bonchev–Trinajstić information content (AvgIpc) is 2.48. The lowest BCUT2D eigenvalue weighted by Gasteiger charge is -2.33. The molecular weight excluding hydrogens is 253 g/mol. The first-order valence-corrected chi connectivity index (χ1v) is 7.77. The number of pyridine rings is 1. The molecule has 1 atom stereocenters. The van der Waals surface area contributed by atoms with Crippen molar-refractivity contribution in [2.45, 2.75) is 39.2 Å². The van der Waals surface area contributed by atoms with Crippen LogP contribution in [-0.4, -0.2) is 36.1 Å². The number of nitrogens with one attached hydrogen (secondary N) is 1. The highest BCUT2D eigenvalue weighted by Crippen LogP contribution is 2.22. The topological polar surface area (TPSA) is 28.2 Å². The van der Waals surface area contributed by atoms with Crippen molar-refractivity contribution in [3.05, 3.63) is 29.8 Å². The molecule has 0 spiro atoms. The highest BCUT2D eigenvalue weighted by atomic mass is 19.1. The predicted molar refractivity (Wildman–Crippen MR) is 80.1 cm³/mol. The fourth-order valence-electron chi connectivity index (χ4n) is 2.95. The van der Waals surface area contributed by atoms with Crippen LogP contribution >= 0.6 is 0 Å². The number of nitrogens with zero attached hydrogens (tertiary/aromatic N) is 2. The summed E-state index contributed by atoms with van der Waals surface area (Å²) in [6.45, 7) is 8.85. The van der Waals surface area contributed by atoms with Crippen LogP contribution in [0, 0.1) is 11.7 Å². The molecule has 1 fully saturated rings. The standard InChI is InChI=1S/C16H26FN3/c1-3-10-20(12-14-6-8-18-9-7-14)13(2)16-5-4-15(17)11-19-16/h4-5,11,13-14,18H,3,6-10,12H2,1-2H3. The minimum Gasteiger partial charge on any atom is -0.317 e. The molecule has 0 aromatic carbocycles.